The van der Waals surface area contributed by atoms with Crippen molar-refractivity contribution < 1.29 is 18.6 Å². The van der Waals surface area contributed by atoms with E-state index in [1.807, 2.05) is 0 Å². The highest BCUT2D eigenvalue weighted by Crippen LogP contribution is 2.20. The standard InChI is InChI=1S/C3H3F2O2/c4-2-1-6-7-3(2)5/h2H,1H2. The van der Waals surface area contributed by atoms with Gasteiger partial charge in [-0.05, 0) is 0 Å². The van der Waals surface area contributed by atoms with Crippen LogP contribution in [0.4, 0.5) is 8.78 Å². The van der Waals surface area contributed by atoms with Crippen LogP contribution in [-0.2, 0) is 9.78 Å². The molecule has 0 aromatic rings. The molecule has 1 fully saturated rings. The third kappa shape index (κ3) is 0.863. The van der Waals surface area contributed by atoms with Gasteiger partial charge in [-0.1, -0.05) is 0 Å². The van der Waals surface area contributed by atoms with E-state index in [9.17, 15) is 8.78 Å². The van der Waals surface area contributed by atoms with E-state index in [1.54, 1.807) is 0 Å². The van der Waals surface area contributed by atoms with Crippen LogP contribution in [-0.4, -0.2) is 12.8 Å². The van der Waals surface area contributed by atoms with Gasteiger partial charge in [0, 0.05) is 0 Å². The molecule has 1 rings (SSSR count). The van der Waals surface area contributed by atoms with Crippen molar-refractivity contribution in [1.29, 1.82) is 0 Å². The van der Waals surface area contributed by atoms with E-state index >= 15 is 0 Å². The number of halogens is 2. The second-order valence-electron chi connectivity index (χ2n) is 1.14. The maximum atomic E-state index is 11.7. The van der Waals surface area contributed by atoms with Gasteiger partial charge >= 0.3 is 6.36 Å². The molecular formula is C3H3F2O2. The summed E-state index contributed by atoms with van der Waals surface area (Å²) in [6.07, 6.45) is -2.86. The Labute approximate surface area is 39.0 Å². The van der Waals surface area contributed by atoms with Gasteiger partial charge in [0.05, 0.1) is 0 Å². The fourth-order valence-electron chi connectivity index (χ4n) is 0.268. The lowest BCUT2D eigenvalue weighted by atomic mass is 10.4. The van der Waals surface area contributed by atoms with Crippen LogP contribution < -0.4 is 0 Å². The van der Waals surface area contributed by atoms with Crippen molar-refractivity contribution in [2.75, 3.05) is 6.61 Å². The number of alkyl halides is 1. The van der Waals surface area contributed by atoms with E-state index in [2.05, 4.69) is 9.78 Å². The largest absolute Gasteiger partial charge is 0.337 e. The highest BCUT2D eigenvalue weighted by atomic mass is 19.2. The molecule has 1 saturated heterocycles. The van der Waals surface area contributed by atoms with Crippen LogP contribution in [0.25, 0.3) is 0 Å². The summed E-state index contributed by atoms with van der Waals surface area (Å²) in [6.45, 7) is -0.328. The van der Waals surface area contributed by atoms with Crippen molar-refractivity contribution in [3.63, 3.8) is 0 Å². The number of rotatable bonds is 0. The summed E-state index contributed by atoms with van der Waals surface area (Å²) in [5.74, 6) is 0. The lowest BCUT2D eigenvalue weighted by Gasteiger charge is -1.89. The lowest BCUT2D eigenvalue weighted by Crippen LogP contribution is -2.02. The van der Waals surface area contributed by atoms with Crippen LogP contribution in [0.2, 0.25) is 0 Å². The Balaban J connectivity index is 2.33. The molecule has 1 aliphatic heterocycles. The van der Waals surface area contributed by atoms with E-state index in [0.717, 1.165) is 0 Å². The fraction of sp³-hybridized carbons (Fsp3) is 0.667. The fourth-order valence-corrected chi connectivity index (χ4v) is 0.268. The van der Waals surface area contributed by atoms with Crippen molar-refractivity contribution in [2.45, 2.75) is 6.17 Å². The Morgan fingerprint density at radius 3 is 2.57 bits per heavy atom. The van der Waals surface area contributed by atoms with Crippen LogP contribution >= 0.6 is 0 Å². The quantitative estimate of drug-likeness (QED) is 0.427. The lowest BCUT2D eigenvalue weighted by molar-refractivity contribution is -0.261. The summed E-state index contributed by atoms with van der Waals surface area (Å²) in [6, 6.07) is 0. The van der Waals surface area contributed by atoms with Gasteiger partial charge in [-0.3, -0.25) is 0 Å². The molecule has 0 spiro atoms. The first-order valence-electron chi connectivity index (χ1n) is 1.76. The highest BCUT2D eigenvalue weighted by Gasteiger charge is 2.31. The molecule has 1 heterocycles. The molecule has 1 atom stereocenters. The zero-order chi connectivity index (χ0) is 5.28. The van der Waals surface area contributed by atoms with Gasteiger partial charge in [0.25, 0.3) is 0 Å². The molecule has 1 aliphatic rings. The van der Waals surface area contributed by atoms with Gasteiger partial charge in [-0.25, -0.2) is 9.28 Å². The van der Waals surface area contributed by atoms with Crippen LogP contribution in [0, 0.1) is 6.36 Å². The summed E-state index contributed by atoms with van der Waals surface area (Å²) in [7, 11) is 0. The molecule has 0 N–H and O–H groups in total. The molecule has 0 aromatic heterocycles. The summed E-state index contributed by atoms with van der Waals surface area (Å²) < 4.78 is 23.2. The van der Waals surface area contributed by atoms with E-state index in [1.165, 1.54) is 0 Å². The Kier molecular flexibility index (Phi) is 1.21. The summed E-state index contributed by atoms with van der Waals surface area (Å²) >= 11 is 0. The first-order valence-corrected chi connectivity index (χ1v) is 1.76. The van der Waals surface area contributed by atoms with Crippen molar-refractivity contribution >= 4 is 0 Å². The first kappa shape index (κ1) is 4.93. The van der Waals surface area contributed by atoms with Gasteiger partial charge in [0.1, 0.15) is 6.61 Å². The zero-order valence-corrected chi connectivity index (χ0v) is 3.36. The SMILES string of the molecule is F[C]1OOCC1F. The van der Waals surface area contributed by atoms with E-state index in [-0.39, 0.29) is 6.61 Å². The summed E-state index contributed by atoms with van der Waals surface area (Å²) in [5, 5.41) is 0. The van der Waals surface area contributed by atoms with E-state index < -0.39 is 12.5 Å². The third-order valence-electron chi connectivity index (χ3n) is 0.599. The van der Waals surface area contributed by atoms with Crippen molar-refractivity contribution in [1.82, 2.24) is 0 Å². The van der Waals surface area contributed by atoms with Crippen LogP contribution in [0.3, 0.4) is 0 Å². The van der Waals surface area contributed by atoms with Crippen LogP contribution in [0.1, 0.15) is 0 Å². The smallest absolute Gasteiger partial charge is 0.238 e. The minimum atomic E-state index is -1.68. The molecule has 1 unspecified atom stereocenters. The molecule has 1 radical (unpaired) electrons. The van der Waals surface area contributed by atoms with Gasteiger partial charge < -0.3 is 0 Å². The second-order valence-corrected chi connectivity index (χ2v) is 1.14. The van der Waals surface area contributed by atoms with Crippen LogP contribution in [0.5, 0.6) is 0 Å². The van der Waals surface area contributed by atoms with Crippen molar-refractivity contribution in [3.8, 4) is 0 Å². The van der Waals surface area contributed by atoms with Crippen LogP contribution in [0.15, 0.2) is 0 Å². The maximum absolute atomic E-state index is 11.7. The number of hydrogen-bond donors (Lipinski definition) is 0. The zero-order valence-electron chi connectivity index (χ0n) is 3.36. The molecule has 4 heteroatoms. The third-order valence-corrected chi connectivity index (χ3v) is 0.599. The molecular weight excluding hydrogens is 106 g/mol. The van der Waals surface area contributed by atoms with Gasteiger partial charge in [0.15, 0.2) is 6.17 Å². The minimum absolute atomic E-state index is 0.328. The van der Waals surface area contributed by atoms with E-state index in [0.29, 0.717) is 0 Å². The molecule has 41 valence electrons. The van der Waals surface area contributed by atoms with Gasteiger partial charge in [-0.2, -0.15) is 9.28 Å². The highest BCUT2D eigenvalue weighted by molar-refractivity contribution is 4.76. The summed E-state index contributed by atoms with van der Waals surface area (Å²) in [4.78, 5) is 7.52. The predicted molar refractivity (Wildman–Crippen MR) is 16.3 cm³/mol. The average Bonchev–Trinajstić information content (AvgIpc) is 1.91. The topological polar surface area (TPSA) is 18.5 Å². The number of hydrogen-bond acceptors (Lipinski definition) is 2. The Hall–Kier alpha value is -0.220. The predicted octanol–water partition coefficient (Wildman–Crippen LogP) is 0.745. The van der Waals surface area contributed by atoms with Crippen molar-refractivity contribution in [2.24, 2.45) is 0 Å². The average molecular weight is 109 g/mol. The Bertz CT molecular complexity index is 60.0. The Morgan fingerprint density at radius 2 is 2.43 bits per heavy atom. The van der Waals surface area contributed by atoms with Crippen molar-refractivity contribution in [3.05, 3.63) is 6.36 Å². The molecule has 7 heavy (non-hydrogen) atoms. The maximum Gasteiger partial charge on any atom is 0.337 e. The monoisotopic (exact) mass is 109 g/mol. The minimum Gasteiger partial charge on any atom is -0.238 e. The Morgan fingerprint density at radius 1 is 1.71 bits per heavy atom. The normalized spacial score (nSPS) is 34.3. The van der Waals surface area contributed by atoms with Gasteiger partial charge in [0.2, 0.25) is 0 Å². The van der Waals surface area contributed by atoms with Gasteiger partial charge in [-0.15, -0.1) is 0 Å². The summed E-state index contributed by atoms with van der Waals surface area (Å²) in [5.41, 5.74) is 0. The molecule has 0 aromatic carbocycles. The molecule has 2 nitrogen and oxygen atoms in total. The van der Waals surface area contributed by atoms with E-state index in [4.69, 9.17) is 0 Å². The second kappa shape index (κ2) is 1.71. The molecule has 0 bridgehead atoms. The molecule has 0 aliphatic carbocycles. The molecule has 0 saturated carbocycles. The molecule has 0 amide bonds. The first-order chi connectivity index (χ1) is 3.30.